The molecular weight excluding hydrogens is 314 g/mol. The number of benzene rings is 1. The summed E-state index contributed by atoms with van der Waals surface area (Å²) in [6, 6.07) is 4.29. The number of nitrogens with zero attached hydrogens (tertiary/aromatic N) is 1. The molecule has 1 fully saturated rings. The van der Waals surface area contributed by atoms with Crippen molar-refractivity contribution in [3.63, 3.8) is 0 Å². The summed E-state index contributed by atoms with van der Waals surface area (Å²) in [5, 5.41) is 8.92. The van der Waals surface area contributed by atoms with E-state index in [1.807, 2.05) is 0 Å². The van der Waals surface area contributed by atoms with Crippen LogP contribution in [-0.4, -0.2) is 61.1 Å². The van der Waals surface area contributed by atoms with E-state index in [4.69, 9.17) is 4.74 Å². The highest BCUT2D eigenvalue weighted by Gasteiger charge is 2.34. The quantitative estimate of drug-likeness (QED) is 0.888. The Kier molecular flexibility index (Phi) is 4.67. The molecule has 0 aromatic heterocycles. The van der Waals surface area contributed by atoms with E-state index >= 15 is 0 Å². The van der Waals surface area contributed by atoms with E-state index in [-0.39, 0.29) is 17.1 Å². The smallest absolute Gasteiger partial charge is 0.255 e. The topological polar surface area (TPSA) is 83.9 Å². The first-order chi connectivity index (χ1) is 9.84. The van der Waals surface area contributed by atoms with Gasteiger partial charge in [0.1, 0.15) is 5.37 Å². The number of rotatable bonds is 3. The van der Waals surface area contributed by atoms with E-state index in [0.29, 0.717) is 18.1 Å². The second-order valence-corrected chi connectivity index (χ2v) is 8.10. The lowest BCUT2D eigenvalue weighted by molar-refractivity contribution is 0.0749. The third-order valence-electron chi connectivity index (χ3n) is 3.27. The van der Waals surface area contributed by atoms with Gasteiger partial charge in [0.15, 0.2) is 21.3 Å². The zero-order valence-corrected chi connectivity index (χ0v) is 13.4. The van der Waals surface area contributed by atoms with Gasteiger partial charge in [0.25, 0.3) is 5.91 Å². The molecule has 2 rings (SSSR count). The van der Waals surface area contributed by atoms with Gasteiger partial charge in [-0.1, -0.05) is 0 Å². The molecule has 1 amide bonds. The van der Waals surface area contributed by atoms with Crippen molar-refractivity contribution in [3.05, 3.63) is 23.8 Å². The van der Waals surface area contributed by atoms with Crippen LogP contribution >= 0.6 is 11.8 Å². The highest BCUT2D eigenvalue weighted by atomic mass is 32.2. The van der Waals surface area contributed by atoms with Crippen molar-refractivity contribution in [2.75, 3.05) is 31.4 Å². The maximum absolute atomic E-state index is 12.5. The predicted octanol–water partition coefficient (Wildman–Crippen LogP) is 0.960. The summed E-state index contributed by atoms with van der Waals surface area (Å²) in [5.74, 6) is 0.779. The number of aromatic hydroxyl groups is 1. The van der Waals surface area contributed by atoms with Crippen molar-refractivity contribution in [1.29, 1.82) is 0 Å². The van der Waals surface area contributed by atoms with Crippen LogP contribution in [0.25, 0.3) is 0 Å². The molecule has 1 aromatic rings. The highest BCUT2D eigenvalue weighted by Crippen LogP contribution is 2.28. The minimum atomic E-state index is -3.35. The van der Waals surface area contributed by atoms with Crippen molar-refractivity contribution < 1.29 is 23.1 Å². The van der Waals surface area contributed by atoms with Gasteiger partial charge in [0, 0.05) is 29.9 Å². The first-order valence-electron chi connectivity index (χ1n) is 6.29. The number of phenols is 1. The lowest BCUT2D eigenvalue weighted by atomic mass is 10.1. The van der Waals surface area contributed by atoms with Crippen LogP contribution in [0.4, 0.5) is 0 Å². The summed E-state index contributed by atoms with van der Waals surface area (Å²) in [6.07, 6.45) is 1.13. The average molecular weight is 331 g/mol. The van der Waals surface area contributed by atoms with Gasteiger partial charge in [-0.3, -0.25) is 4.79 Å². The van der Waals surface area contributed by atoms with Crippen LogP contribution in [-0.2, 0) is 9.84 Å². The van der Waals surface area contributed by atoms with E-state index in [1.54, 1.807) is 0 Å². The van der Waals surface area contributed by atoms with Crippen molar-refractivity contribution in [1.82, 2.24) is 4.90 Å². The third-order valence-corrected chi connectivity index (χ3v) is 5.91. The largest absolute Gasteiger partial charge is 0.504 e. The van der Waals surface area contributed by atoms with Gasteiger partial charge in [-0.15, -0.1) is 0 Å². The van der Waals surface area contributed by atoms with Gasteiger partial charge in [0.05, 0.1) is 7.11 Å². The average Bonchev–Trinajstić information content (AvgIpc) is 2.45. The number of carbonyl (C=O) groups is 1. The molecule has 21 heavy (non-hydrogen) atoms. The SMILES string of the molecule is COc1ccc(C(=O)N2CCSCC2S(C)(=O)=O)cc1O. The molecule has 1 N–H and O–H groups in total. The summed E-state index contributed by atoms with van der Waals surface area (Å²) in [4.78, 5) is 13.9. The molecule has 1 aliphatic rings. The number of hydrogen-bond acceptors (Lipinski definition) is 6. The zero-order valence-electron chi connectivity index (χ0n) is 11.8. The van der Waals surface area contributed by atoms with Gasteiger partial charge >= 0.3 is 0 Å². The zero-order chi connectivity index (χ0) is 15.6. The molecule has 116 valence electrons. The van der Waals surface area contributed by atoms with Gasteiger partial charge < -0.3 is 14.7 Å². The number of ether oxygens (including phenoxy) is 1. The number of methoxy groups -OCH3 is 1. The molecule has 1 atom stereocenters. The summed E-state index contributed by atoms with van der Waals surface area (Å²) in [6.45, 7) is 0.369. The highest BCUT2D eigenvalue weighted by molar-refractivity contribution is 8.00. The Hall–Kier alpha value is -1.41. The molecule has 0 bridgehead atoms. The van der Waals surface area contributed by atoms with Crippen molar-refractivity contribution >= 4 is 27.5 Å². The van der Waals surface area contributed by atoms with E-state index in [0.717, 1.165) is 6.26 Å². The number of amides is 1. The molecule has 6 nitrogen and oxygen atoms in total. The molecule has 1 heterocycles. The number of thioether (sulfide) groups is 1. The first kappa shape index (κ1) is 16.0. The van der Waals surface area contributed by atoms with E-state index in [2.05, 4.69) is 0 Å². The van der Waals surface area contributed by atoms with Crippen LogP contribution in [0.1, 0.15) is 10.4 Å². The van der Waals surface area contributed by atoms with Gasteiger partial charge in [-0.25, -0.2) is 8.42 Å². The number of carbonyl (C=O) groups excluding carboxylic acids is 1. The standard InChI is InChI=1S/C13H17NO5S2/c1-19-11-4-3-9(7-10(11)15)13(16)14-5-6-20-8-12(14)21(2,17)18/h3-4,7,12,15H,5-6,8H2,1-2H3. The van der Waals surface area contributed by atoms with Gasteiger partial charge in [-0.05, 0) is 18.2 Å². The number of sulfone groups is 1. The number of phenolic OH excluding ortho intramolecular Hbond substituents is 1. The second-order valence-electron chi connectivity index (χ2n) is 4.74. The van der Waals surface area contributed by atoms with E-state index in [9.17, 15) is 18.3 Å². The Bertz CT molecular complexity index is 644. The minimum Gasteiger partial charge on any atom is -0.504 e. The Morgan fingerprint density at radius 3 is 2.76 bits per heavy atom. The normalized spacial score (nSPS) is 19.3. The monoisotopic (exact) mass is 331 g/mol. The van der Waals surface area contributed by atoms with Crippen LogP contribution in [0.5, 0.6) is 11.5 Å². The van der Waals surface area contributed by atoms with E-state index < -0.39 is 21.1 Å². The summed E-state index contributed by atoms with van der Waals surface area (Å²) >= 11 is 1.51. The van der Waals surface area contributed by atoms with E-state index in [1.165, 1.54) is 42.0 Å². The molecule has 1 saturated heterocycles. The first-order valence-corrected chi connectivity index (χ1v) is 9.40. The molecule has 0 aliphatic carbocycles. The predicted molar refractivity (Wildman–Crippen MR) is 81.7 cm³/mol. The maximum Gasteiger partial charge on any atom is 0.255 e. The molecule has 0 spiro atoms. The Labute approximate surface area is 128 Å². The van der Waals surface area contributed by atoms with Gasteiger partial charge in [-0.2, -0.15) is 11.8 Å². The lowest BCUT2D eigenvalue weighted by Crippen LogP contribution is -2.49. The fourth-order valence-electron chi connectivity index (χ4n) is 2.16. The second kappa shape index (κ2) is 6.15. The van der Waals surface area contributed by atoms with Crippen molar-refractivity contribution in [3.8, 4) is 11.5 Å². The van der Waals surface area contributed by atoms with Crippen LogP contribution in [0.15, 0.2) is 18.2 Å². The summed E-state index contributed by atoms with van der Waals surface area (Å²) in [7, 11) is -1.94. The number of hydrogen-bond donors (Lipinski definition) is 1. The van der Waals surface area contributed by atoms with Crippen molar-refractivity contribution in [2.24, 2.45) is 0 Å². The van der Waals surface area contributed by atoms with Crippen LogP contribution in [0.2, 0.25) is 0 Å². The Morgan fingerprint density at radius 1 is 1.48 bits per heavy atom. The summed E-state index contributed by atoms with van der Waals surface area (Å²) < 4.78 is 28.6. The Balaban J connectivity index is 2.31. The van der Waals surface area contributed by atoms with Crippen LogP contribution < -0.4 is 4.74 Å². The van der Waals surface area contributed by atoms with Gasteiger partial charge in [0.2, 0.25) is 0 Å². The third kappa shape index (κ3) is 3.44. The van der Waals surface area contributed by atoms with Crippen LogP contribution in [0.3, 0.4) is 0 Å². The molecule has 1 unspecified atom stereocenters. The van der Waals surface area contributed by atoms with Crippen LogP contribution in [0, 0.1) is 0 Å². The molecule has 0 saturated carbocycles. The molecule has 8 heteroatoms. The maximum atomic E-state index is 12.5. The fourth-order valence-corrected chi connectivity index (χ4v) is 4.97. The molecule has 1 aromatic carbocycles. The summed E-state index contributed by atoms with van der Waals surface area (Å²) in [5.41, 5.74) is 0.244. The molecule has 0 radical (unpaired) electrons. The Morgan fingerprint density at radius 2 is 2.19 bits per heavy atom. The fraction of sp³-hybridized carbons (Fsp3) is 0.462. The minimum absolute atomic E-state index is 0.148. The lowest BCUT2D eigenvalue weighted by Gasteiger charge is -2.34. The molecule has 1 aliphatic heterocycles. The molecular formula is C13H17NO5S2. The van der Waals surface area contributed by atoms with Crippen molar-refractivity contribution in [2.45, 2.75) is 5.37 Å².